The van der Waals surface area contributed by atoms with E-state index in [1.807, 2.05) is 30.3 Å². The van der Waals surface area contributed by atoms with Gasteiger partial charge in [-0.2, -0.15) is 0 Å². The molecule has 0 spiro atoms. The van der Waals surface area contributed by atoms with Gasteiger partial charge in [0.2, 0.25) is 0 Å². The number of halogens is 2. The number of nitrogens with zero attached hydrogens (tertiary/aromatic N) is 1. The van der Waals surface area contributed by atoms with Gasteiger partial charge in [0.1, 0.15) is 0 Å². The molecule has 0 unspecified atom stereocenters. The normalized spacial score (nSPS) is 12.4. The molecule has 0 bridgehead atoms. The standard InChI is InChI=1S/C14H14Cl2N2/c1-10(14-4-2-3-7-17-14)18-9-11-5-6-12(15)8-13(11)16/h2-8,10,18H,9H2,1H3/t10-/m1/s1. The Morgan fingerprint density at radius 3 is 2.72 bits per heavy atom. The Hall–Kier alpha value is -1.09. The van der Waals surface area contributed by atoms with E-state index in [9.17, 15) is 0 Å². The predicted molar refractivity (Wildman–Crippen MR) is 76.0 cm³/mol. The lowest BCUT2D eigenvalue weighted by Gasteiger charge is -2.14. The number of hydrogen-bond acceptors (Lipinski definition) is 2. The van der Waals surface area contributed by atoms with Crippen molar-refractivity contribution in [3.05, 3.63) is 63.9 Å². The Bertz CT molecular complexity index is 514. The molecule has 0 fully saturated rings. The summed E-state index contributed by atoms with van der Waals surface area (Å²) in [5.74, 6) is 0. The Kier molecular flexibility index (Phi) is 4.59. The highest BCUT2D eigenvalue weighted by Crippen LogP contribution is 2.21. The maximum absolute atomic E-state index is 6.12. The van der Waals surface area contributed by atoms with E-state index in [0.717, 1.165) is 11.3 Å². The van der Waals surface area contributed by atoms with Gasteiger partial charge in [0.05, 0.1) is 5.69 Å². The van der Waals surface area contributed by atoms with Crippen LogP contribution >= 0.6 is 23.2 Å². The SMILES string of the molecule is C[C@@H](NCc1ccc(Cl)cc1Cl)c1ccccn1. The van der Waals surface area contributed by atoms with E-state index >= 15 is 0 Å². The van der Waals surface area contributed by atoms with Gasteiger partial charge in [-0.05, 0) is 36.8 Å². The lowest BCUT2D eigenvalue weighted by atomic mass is 10.2. The fourth-order valence-electron chi connectivity index (χ4n) is 1.66. The molecule has 1 N–H and O–H groups in total. The maximum atomic E-state index is 6.12. The van der Waals surface area contributed by atoms with Crippen LogP contribution in [0.25, 0.3) is 0 Å². The van der Waals surface area contributed by atoms with Crippen LogP contribution in [-0.4, -0.2) is 4.98 Å². The van der Waals surface area contributed by atoms with Crippen molar-refractivity contribution in [2.24, 2.45) is 0 Å². The first-order valence-corrected chi connectivity index (χ1v) is 6.50. The van der Waals surface area contributed by atoms with E-state index in [2.05, 4.69) is 17.2 Å². The Morgan fingerprint density at radius 2 is 2.06 bits per heavy atom. The van der Waals surface area contributed by atoms with Crippen LogP contribution in [0.15, 0.2) is 42.6 Å². The van der Waals surface area contributed by atoms with Gasteiger partial charge in [-0.1, -0.05) is 35.3 Å². The van der Waals surface area contributed by atoms with Crippen LogP contribution in [0.2, 0.25) is 10.0 Å². The Balaban J connectivity index is 1.99. The highest BCUT2D eigenvalue weighted by atomic mass is 35.5. The largest absolute Gasteiger partial charge is 0.305 e. The minimum atomic E-state index is 0.179. The Labute approximate surface area is 117 Å². The molecule has 1 atom stereocenters. The van der Waals surface area contributed by atoms with E-state index in [4.69, 9.17) is 23.2 Å². The predicted octanol–water partition coefficient (Wildman–Crippen LogP) is 4.24. The Morgan fingerprint density at radius 1 is 1.22 bits per heavy atom. The fraction of sp³-hybridized carbons (Fsp3) is 0.214. The van der Waals surface area contributed by atoms with E-state index in [-0.39, 0.29) is 6.04 Å². The highest BCUT2D eigenvalue weighted by molar-refractivity contribution is 6.35. The van der Waals surface area contributed by atoms with Gasteiger partial charge in [-0.3, -0.25) is 4.98 Å². The van der Waals surface area contributed by atoms with Crippen LogP contribution in [0, 0.1) is 0 Å². The zero-order valence-corrected chi connectivity index (χ0v) is 11.5. The second-order valence-corrected chi connectivity index (χ2v) is 4.94. The molecule has 0 aliphatic heterocycles. The number of hydrogen-bond donors (Lipinski definition) is 1. The molecule has 0 amide bonds. The summed E-state index contributed by atoms with van der Waals surface area (Å²) in [6.07, 6.45) is 1.79. The van der Waals surface area contributed by atoms with E-state index in [1.54, 1.807) is 12.3 Å². The molecule has 18 heavy (non-hydrogen) atoms. The molecular weight excluding hydrogens is 267 g/mol. The van der Waals surface area contributed by atoms with Gasteiger partial charge in [-0.15, -0.1) is 0 Å². The summed E-state index contributed by atoms with van der Waals surface area (Å²) < 4.78 is 0. The highest BCUT2D eigenvalue weighted by Gasteiger charge is 2.07. The molecule has 0 aliphatic carbocycles. The lowest BCUT2D eigenvalue weighted by molar-refractivity contribution is 0.561. The third kappa shape index (κ3) is 3.45. The molecule has 4 heteroatoms. The molecule has 1 aromatic heterocycles. The van der Waals surface area contributed by atoms with Crippen molar-refractivity contribution in [2.75, 3.05) is 0 Å². The van der Waals surface area contributed by atoms with E-state index in [1.165, 1.54) is 0 Å². The first kappa shape index (κ1) is 13.3. The first-order valence-electron chi connectivity index (χ1n) is 5.75. The average Bonchev–Trinajstić information content (AvgIpc) is 2.38. The topological polar surface area (TPSA) is 24.9 Å². The van der Waals surface area contributed by atoms with Gasteiger partial charge in [0, 0.05) is 28.8 Å². The summed E-state index contributed by atoms with van der Waals surface area (Å²) in [6.45, 7) is 2.76. The summed E-state index contributed by atoms with van der Waals surface area (Å²) >= 11 is 12.0. The fourth-order valence-corrected chi connectivity index (χ4v) is 2.14. The van der Waals surface area contributed by atoms with Crippen LogP contribution in [0.3, 0.4) is 0 Å². The number of nitrogens with one attached hydrogen (secondary N) is 1. The third-order valence-corrected chi connectivity index (χ3v) is 3.33. The molecule has 2 aromatic rings. The lowest BCUT2D eigenvalue weighted by Crippen LogP contribution is -2.19. The van der Waals surface area contributed by atoms with Crippen LogP contribution in [0.1, 0.15) is 24.2 Å². The molecule has 1 heterocycles. The van der Waals surface area contributed by atoms with Gasteiger partial charge in [0.25, 0.3) is 0 Å². The molecule has 0 saturated carbocycles. The molecular formula is C14H14Cl2N2. The van der Waals surface area contributed by atoms with Gasteiger partial charge in [0.15, 0.2) is 0 Å². The number of benzene rings is 1. The third-order valence-electron chi connectivity index (χ3n) is 2.75. The number of rotatable bonds is 4. The summed E-state index contributed by atoms with van der Waals surface area (Å²) in [6, 6.07) is 11.6. The second-order valence-electron chi connectivity index (χ2n) is 4.09. The molecule has 1 aromatic carbocycles. The summed E-state index contributed by atoms with van der Waals surface area (Å²) in [7, 11) is 0. The van der Waals surface area contributed by atoms with Crippen LogP contribution in [0.5, 0.6) is 0 Å². The molecule has 2 nitrogen and oxygen atoms in total. The van der Waals surface area contributed by atoms with Gasteiger partial charge in [-0.25, -0.2) is 0 Å². The smallest absolute Gasteiger partial charge is 0.0570 e. The van der Waals surface area contributed by atoms with Crippen LogP contribution < -0.4 is 5.32 Å². The maximum Gasteiger partial charge on any atom is 0.0570 e. The summed E-state index contributed by atoms with van der Waals surface area (Å²) in [4.78, 5) is 4.31. The monoisotopic (exact) mass is 280 g/mol. The van der Waals surface area contributed by atoms with Gasteiger partial charge >= 0.3 is 0 Å². The minimum Gasteiger partial charge on any atom is -0.305 e. The quantitative estimate of drug-likeness (QED) is 0.906. The van der Waals surface area contributed by atoms with E-state index in [0.29, 0.717) is 16.6 Å². The van der Waals surface area contributed by atoms with Crippen LogP contribution in [-0.2, 0) is 6.54 Å². The van der Waals surface area contributed by atoms with Crippen molar-refractivity contribution in [1.29, 1.82) is 0 Å². The van der Waals surface area contributed by atoms with E-state index < -0.39 is 0 Å². The second kappa shape index (κ2) is 6.19. The first-order chi connectivity index (χ1) is 8.66. The zero-order chi connectivity index (χ0) is 13.0. The molecule has 0 saturated heterocycles. The molecule has 0 aliphatic rings. The minimum absolute atomic E-state index is 0.179. The van der Waals surface area contributed by atoms with Crippen molar-refractivity contribution in [3.63, 3.8) is 0 Å². The van der Waals surface area contributed by atoms with Crippen molar-refractivity contribution in [2.45, 2.75) is 19.5 Å². The van der Waals surface area contributed by atoms with Crippen molar-refractivity contribution >= 4 is 23.2 Å². The van der Waals surface area contributed by atoms with Crippen molar-refractivity contribution < 1.29 is 0 Å². The van der Waals surface area contributed by atoms with Gasteiger partial charge < -0.3 is 5.32 Å². The molecule has 94 valence electrons. The number of pyridine rings is 1. The summed E-state index contributed by atoms with van der Waals surface area (Å²) in [5, 5.41) is 4.72. The summed E-state index contributed by atoms with van der Waals surface area (Å²) in [5.41, 5.74) is 2.05. The number of aromatic nitrogens is 1. The van der Waals surface area contributed by atoms with Crippen molar-refractivity contribution in [1.82, 2.24) is 10.3 Å². The molecule has 0 radical (unpaired) electrons. The average molecular weight is 281 g/mol. The zero-order valence-electron chi connectivity index (χ0n) is 10.0. The van der Waals surface area contributed by atoms with Crippen molar-refractivity contribution in [3.8, 4) is 0 Å². The molecule has 2 rings (SSSR count). The van der Waals surface area contributed by atoms with Crippen LogP contribution in [0.4, 0.5) is 0 Å².